The van der Waals surface area contributed by atoms with Crippen LogP contribution in [0.3, 0.4) is 0 Å². The molecule has 1 amide bonds. The third-order valence-electron chi connectivity index (χ3n) is 4.24. The van der Waals surface area contributed by atoms with Crippen molar-refractivity contribution in [1.29, 1.82) is 0 Å². The van der Waals surface area contributed by atoms with E-state index in [2.05, 4.69) is 5.32 Å². The van der Waals surface area contributed by atoms with E-state index in [-0.39, 0.29) is 12.3 Å². The zero-order chi connectivity index (χ0) is 16.5. The smallest absolute Gasteiger partial charge is 0.319 e. The van der Waals surface area contributed by atoms with Gasteiger partial charge in [0.1, 0.15) is 5.75 Å². The summed E-state index contributed by atoms with van der Waals surface area (Å²) in [4.78, 5) is 24.6. The first-order valence-electron chi connectivity index (χ1n) is 7.80. The Bertz CT molecular complexity index is 943. The van der Waals surface area contributed by atoms with Crippen molar-refractivity contribution in [2.75, 3.05) is 5.32 Å². The third-order valence-corrected chi connectivity index (χ3v) is 4.24. The van der Waals surface area contributed by atoms with Crippen LogP contribution in [0.1, 0.15) is 17.9 Å². The molecule has 0 aromatic heterocycles. The van der Waals surface area contributed by atoms with E-state index in [4.69, 9.17) is 4.74 Å². The predicted molar refractivity (Wildman–Crippen MR) is 92.0 cm³/mol. The highest BCUT2D eigenvalue weighted by Crippen LogP contribution is 2.34. The van der Waals surface area contributed by atoms with Crippen molar-refractivity contribution >= 4 is 28.3 Å². The lowest BCUT2D eigenvalue weighted by molar-refractivity contribution is -0.137. The highest BCUT2D eigenvalue weighted by molar-refractivity contribution is 6.01. The molecule has 1 atom stereocenters. The van der Waals surface area contributed by atoms with Crippen LogP contribution in [0.5, 0.6) is 5.75 Å². The van der Waals surface area contributed by atoms with Gasteiger partial charge >= 0.3 is 5.97 Å². The molecule has 0 saturated heterocycles. The molecule has 24 heavy (non-hydrogen) atoms. The lowest BCUT2D eigenvalue weighted by Crippen LogP contribution is -2.29. The van der Waals surface area contributed by atoms with Crippen LogP contribution in [0.2, 0.25) is 0 Å². The van der Waals surface area contributed by atoms with E-state index in [1.807, 2.05) is 54.6 Å². The van der Waals surface area contributed by atoms with Crippen molar-refractivity contribution in [2.45, 2.75) is 12.3 Å². The van der Waals surface area contributed by atoms with Crippen molar-refractivity contribution in [3.05, 3.63) is 72.3 Å². The lowest BCUT2D eigenvalue weighted by atomic mass is 9.90. The van der Waals surface area contributed by atoms with Crippen molar-refractivity contribution in [3.63, 3.8) is 0 Å². The van der Waals surface area contributed by atoms with Gasteiger partial charge in [-0.1, -0.05) is 54.6 Å². The number of para-hydroxylation sites is 1. The first-order valence-corrected chi connectivity index (χ1v) is 7.80. The maximum Gasteiger partial charge on any atom is 0.319 e. The highest BCUT2D eigenvalue weighted by Gasteiger charge is 2.32. The van der Waals surface area contributed by atoms with Gasteiger partial charge in [-0.2, -0.15) is 0 Å². The second-order valence-corrected chi connectivity index (χ2v) is 5.79. The fraction of sp³-hybridized carbons (Fsp3) is 0.100. The molecule has 4 heteroatoms. The van der Waals surface area contributed by atoms with Crippen molar-refractivity contribution < 1.29 is 14.3 Å². The molecule has 1 heterocycles. The number of benzene rings is 3. The molecule has 0 radical (unpaired) electrons. The number of ether oxygens (including phenoxy) is 1. The minimum absolute atomic E-state index is 0.0978. The normalized spacial score (nSPS) is 16.3. The van der Waals surface area contributed by atoms with Gasteiger partial charge in [0.15, 0.2) is 0 Å². The number of hydrogen-bond donors (Lipinski definition) is 1. The maximum absolute atomic E-state index is 12.7. The molecule has 0 fully saturated rings. The summed E-state index contributed by atoms with van der Waals surface area (Å²) in [5.74, 6) is -0.655. The highest BCUT2D eigenvalue weighted by atomic mass is 16.5. The summed E-state index contributed by atoms with van der Waals surface area (Å²) in [6.45, 7) is 0. The summed E-state index contributed by atoms with van der Waals surface area (Å²) in [5.41, 5.74) is 1.47. The molecule has 118 valence electrons. The SMILES string of the molecule is O=C1C[C@H](C(=O)Oc2cccc3ccccc23)c2ccccc2N1. The number of carbonyl (C=O) groups excluding carboxylic acids is 2. The minimum atomic E-state index is -0.589. The summed E-state index contributed by atoms with van der Waals surface area (Å²) in [6.07, 6.45) is 0.0978. The first kappa shape index (κ1) is 14.5. The van der Waals surface area contributed by atoms with Gasteiger partial charge in [-0.3, -0.25) is 9.59 Å². The van der Waals surface area contributed by atoms with Crippen LogP contribution in [0.25, 0.3) is 10.8 Å². The van der Waals surface area contributed by atoms with Gasteiger partial charge in [0.05, 0.1) is 5.92 Å². The summed E-state index contributed by atoms with van der Waals surface area (Å²) >= 11 is 0. The second-order valence-electron chi connectivity index (χ2n) is 5.79. The largest absolute Gasteiger partial charge is 0.425 e. The molecule has 0 saturated carbocycles. The Morgan fingerprint density at radius 1 is 0.958 bits per heavy atom. The number of esters is 1. The van der Waals surface area contributed by atoms with Crippen molar-refractivity contribution in [1.82, 2.24) is 0 Å². The molecule has 0 bridgehead atoms. The van der Waals surface area contributed by atoms with E-state index in [1.54, 1.807) is 12.1 Å². The minimum Gasteiger partial charge on any atom is -0.425 e. The number of nitrogens with one attached hydrogen (secondary N) is 1. The number of anilines is 1. The number of carbonyl (C=O) groups is 2. The molecule has 3 aromatic carbocycles. The number of amides is 1. The van der Waals surface area contributed by atoms with E-state index in [0.717, 1.165) is 16.3 Å². The van der Waals surface area contributed by atoms with Gasteiger partial charge in [0.2, 0.25) is 5.91 Å². The van der Waals surface area contributed by atoms with Crippen LogP contribution >= 0.6 is 0 Å². The molecule has 1 N–H and O–H groups in total. The predicted octanol–water partition coefficient (Wildman–Crippen LogP) is 3.87. The van der Waals surface area contributed by atoms with Crippen LogP contribution in [0.4, 0.5) is 5.69 Å². The quantitative estimate of drug-likeness (QED) is 0.576. The van der Waals surface area contributed by atoms with E-state index in [1.165, 1.54) is 0 Å². The Labute approximate surface area is 139 Å². The Morgan fingerprint density at radius 3 is 2.62 bits per heavy atom. The average Bonchev–Trinajstić information content (AvgIpc) is 2.61. The summed E-state index contributed by atoms with van der Waals surface area (Å²) in [7, 11) is 0. The van der Waals surface area contributed by atoms with Crippen LogP contribution < -0.4 is 10.1 Å². The van der Waals surface area contributed by atoms with Gasteiger partial charge in [-0.25, -0.2) is 0 Å². The number of fused-ring (bicyclic) bond motifs is 2. The van der Waals surface area contributed by atoms with E-state index < -0.39 is 11.9 Å². The third kappa shape index (κ3) is 2.52. The van der Waals surface area contributed by atoms with Crippen LogP contribution in [-0.2, 0) is 9.59 Å². The zero-order valence-corrected chi connectivity index (χ0v) is 12.9. The van der Waals surface area contributed by atoms with Crippen LogP contribution in [0.15, 0.2) is 66.7 Å². The lowest BCUT2D eigenvalue weighted by Gasteiger charge is -2.24. The molecule has 4 nitrogen and oxygen atoms in total. The molecule has 0 aliphatic carbocycles. The van der Waals surface area contributed by atoms with Crippen molar-refractivity contribution in [3.8, 4) is 5.75 Å². The van der Waals surface area contributed by atoms with Crippen molar-refractivity contribution in [2.24, 2.45) is 0 Å². The summed E-state index contributed by atoms with van der Waals surface area (Å²) in [5, 5.41) is 4.67. The van der Waals surface area contributed by atoms with Gasteiger partial charge in [0.25, 0.3) is 0 Å². The molecule has 4 rings (SSSR count). The van der Waals surface area contributed by atoms with Crippen LogP contribution in [0, 0.1) is 0 Å². The topological polar surface area (TPSA) is 55.4 Å². The number of rotatable bonds is 2. The molecule has 1 aliphatic heterocycles. The monoisotopic (exact) mass is 317 g/mol. The summed E-state index contributed by atoms with van der Waals surface area (Å²) < 4.78 is 5.65. The average molecular weight is 317 g/mol. The van der Waals surface area contributed by atoms with E-state index >= 15 is 0 Å². The Hall–Kier alpha value is -3.14. The second kappa shape index (κ2) is 5.81. The summed E-state index contributed by atoms with van der Waals surface area (Å²) in [6, 6.07) is 20.7. The number of hydrogen-bond acceptors (Lipinski definition) is 3. The van der Waals surface area contributed by atoms with Gasteiger partial charge in [-0.15, -0.1) is 0 Å². The molecule has 0 unspecified atom stereocenters. The molecule has 1 aliphatic rings. The molecule has 3 aromatic rings. The Balaban J connectivity index is 1.68. The Morgan fingerprint density at radius 2 is 1.71 bits per heavy atom. The van der Waals surface area contributed by atoms with E-state index in [0.29, 0.717) is 11.4 Å². The fourth-order valence-electron chi connectivity index (χ4n) is 3.09. The van der Waals surface area contributed by atoms with Gasteiger partial charge < -0.3 is 10.1 Å². The van der Waals surface area contributed by atoms with Gasteiger partial charge in [0, 0.05) is 17.5 Å². The zero-order valence-electron chi connectivity index (χ0n) is 12.9. The van der Waals surface area contributed by atoms with Crippen LogP contribution in [-0.4, -0.2) is 11.9 Å². The Kier molecular flexibility index (Phi) is 3.50. The standard InChI is InChI=1S/C20H15NO3/c22-19-12-16(15-9-3-4-10-17(15)21-19)20(23)24-18-11-5-7-13-6-1-2-8-14(13)18/h1-11,16H,12H2,(H,21,22)/t16-/m0/s1. The van der Waals surface area contributed by atoms with E-state index in [9.17, 15) is 9.59 Å². The molecule has 0 spiro atoms. The first-order chi connectivity index (χ1) is 11.7. The molecular weight excluding hydrogens is 302 g/mol. The fourth-order valence-corrected chi connectivity index (χ4v) is 3.09. The maximum atomic E-state index is 12.7. The van der Waals surface area contributed by atoms with Gasteiger partial charge in [-0.05, 0) is 23.1 Å². The molecular formula is C20H15NO3.